The standard InChI is InChI=1S/C12H11Cl2NO5/c13-9-3-8(15(17)18)4-10(14)12(9)20-6-11(16)7-1-2-19-5-7/h3-4,7H,1-2,5-6H2. The van der Waals surface area contributed by atoms with Crippen molar-refractivity contribution in [3.05, 3.63) is 32.3 Å². The van der Waals surface area contributed by atoms with Crippen molar-refractivity contribution < 1.29 is 19.2 Å². The van der Waals surface area contributed by atoms with E-state index in [-0.39, 0.29) is 39.8 Å². The topological polar surface area (TPSA) is 78.7 Å². The van der Waals surface area contributed by atoms with E-state index in [1.807, 2.05) is 0 Å². The number of nitro benzene ring substituents is 1. The number of hydrogen-bond acceptors (Lipinski definition) is 5. The van der Waals surface area contributed by atoms with Crippen LogP contribution in [-0.4, -0.2) is 30.5 Å². The highest BCUT2D eigenvalue weighted by molar-refractivity contribution is 6.37. The van der Waals surface area contributed by atoms with Crippen LogP contribution >= 0.6 is 23.2 Å². The van der Waals surface area contributed by atoms with Gasteiger partial charge in [-0.3, -0.25) is 14.9 Å². The minimum absolute atomic E-state index is 0.000304. The molecule has 0 aliphatic carbocycles. The number of Topliss-reactive ketones (excluding diaryl/α,β-unsaturated/α-hetero) is 1. The number of nitro groups is 1. The number of carbonyl (C=O) groups excluding carboxylic acids is 1. The molecule has 0 aromatic heterocycles. The molecule has 0 bridgehead atoms. The van der Waals surface area contributed by atoms with E-state index in [1.54, 1.807) is 0 Å². The molecule has 8 heteroatoms. The summed E-state index contributed by atoms with van der Waals surface area (Å²) in [6, 6.07) is 2.26. The van der Waals surface area contributed by atoms with Crippen LogP contribution in [0.2, 0.25) is 10.0 Å². The Bertz CT molecular complexity index is 520. The van der Waals surface area contributed by atoms with Gasteiger partial charge in [-0.2, -0.15) is 0 Å². The summed E-state index contributed by atoms with van der Waals surface area (Å²) in [6.45, 7) is 0.768. The number of hydrogen-bond donors (Lipinski definition) is 0. The van der Waals surface area contributed by atoms with Crippen molar-refractivity contribution >= 4 is 34.7 Å². The Labute approximate surface area is 124 Å². The van der Waals surface area contributed by atoms with Gasteiger partial charge >= 0.3 is 0 Å². The van der Waals surface area contributed by atoms with E-state index in [2.05, 4.69) is 0 Å². The fourth-order valence-electron chi connectivity index (χ4n) is 1.84. The molecular weight excluding hydrogens is 309 g/mol. The van der Waals surface area contributed by atoms with Crippen LogP contribution in [0.25, 0.3) is 0 Å². The van der Waals surface area contributed by atoms with Crippen LogP contribution in [0.5, 0.6) is 5.75 Å². The monoisotopic (exact) mass is 319 g/mol. The van der Waals surface area contributed by atoms with Crippen LogP contribution in [0.15, 0.2) is 12.1 Å². The summed E-state index contributed by atoms with van der Waals surface area (Å²) in [5.74, 6) is -0.204. The van der Waals surface area contributed by atoms with Gasteiger partial charge in [0.05, 0.1) is 21.6 Å². The molecule has 0 N–H and O–H groups in total. The van der Waals surface area contributed by atoms with Gasteiger partial charge in [-0.1, -0.05) is 23.2 Å². The van der Waals surface area contributed by atoms with Gasteiger partial charge in [-0.05, 0) is 6.42 Å². The first kappa shape index (κ1) is 15.0. The largest absolute Gasteiger partial charge is 0.483 e. The number of carbonyl (C=O) groups is 1. The van der Waals surface area contributed by atoms with Crippen molar-refractivity contribution in [3.8, 4) is 5.75 Å². The Hall–Kier alpha value is -1.37. The molecule has 1 aliphatic heterocycles. The van der Waals surface area contributed by atoms with Crippen molar-refractivity contribution in [2.75, 3.05) is 19.8 Å². The quantitative estimate of drug-likeness (QED) is 0.616. The summed E-state index contributed by atoms with van der Waals surface area (Å²) in [5, 5.41) is 10.6. The lowest BCUT2D eigenvalue weighted by Gasteiger charge is -2.11. The van der Waals surface area contributed by atoms with Crippen molar-refractivity contribution in [3.63, 3.8) is 0 Å². The minimum Gasteiger partial charge on any atom is -0.483 e. The molecule has 6 nitrogen and oxygen atoms in total. The zero-order valence-electron chi connectivity index (χ0n) is 10.3. The average molecular weight is 320 g/mol. The van der Waals surface area contributed by atoms with Crippen LogP contribution in [0, 0.1) is 16.0 Å². The number of benzene rings is 1. The van der Waals surface area contributed by atoms with Gasteiger partial charge in [-0.15, -0.1) is 0 Å². The number of halogens is 2. The van der Waals surface area contributed by atoms with Gasteiger partial charge in [0.1, 0.15) is 6.61 Å². The second-order valence-electron chi connectivity index (χ2n) is 4.31. The third kappa shape index (κ3) is 3.39. The Balaban J connectivity index is 2.05. The SMILES string of the molecule is O=C(COc1c(Cl)cc([N+](=O)[O-])cc1Cl)C1CCOC1. The van der Waals surface area contributed by atoms with Gasteiger partial charge < -0.3 is 9.47 Å². The second kappa shape index (κ2) is 6.39. The summed E-state index contributed by atoms with van der Waals surface area (Å²) in [5.41, 5.74) is -0.233. The lowest BCUT2D eigenvalue weighted by Crippen LogP contribution is -2.21. The fourth-order valence-corrected chi connectivity index (χ4v) is 2.42. The molecule has 1 aromatic carbocycles. The van der Waals surface area contributed by atoms with E-state index in [0.29, 0.717) is 19.6 Å². The van der Waals surface area contributed by atoms with Gasteiger partial charge in [0.2, 0.25) is 0 Å². The first-order chi connectivity index (χ1) is 9.49. The summed E-state index contributed by atoms with van der Waals surface area (Å²) < 4.78 is 10.4. The highest BCUT2D eigenvalue weighted by Gasteiger charge is 2.24. The van der Waals surface area contributed by atoms with Gasteiger partial charge in [0.25, 0.3) is 5.69 Å². The number of non-ortho nitro benzene ring substituents is 1. The molecule has 2 rings (SSSR count). The van der Waals surface area contributed by atoms with Crippen molar-refractivity contribution in [2.24, 2.45) is 5.92 Å². The molecule has 1 unspecified atom stereocenters. The Kier molecular flexibility index (Phi) is 4.80. The van der Waals surface area contributed by atoms with E-state index in [1.165, 1.54) is 0 Å². The first-order valence-electron chi connectivity index (χ1n) is 5.85. The molecule has 1 atom stereocenters. The number of nitrogens with zero attached hydrogens (tertiary/aromatic N) is 1. The summed E-state index contributed by atoms with van der Waals surface area (Å²) >= 11 is 11.7. The molecule has 20 heavy (non-hydrogen) atoms. The maximum atomic E-state index is 11.8. The van der Waals surface area contributed by atoms with Crippen molar-refractivity contribution in [1.29, 1.82) is 0 Å². The third-order valence-electron chi connectivity index (χ3n) is 2.94. The minimum atomic E-state index is -0.609. The third-order valence-corrected chi connectivity index (χ3v) is 3.50. The molecule has 1 fully saturated rings. The molecule has 0 amide bonds. The van der Waals surface area contributed by atoms with Gasteiger partial charge in [0.15, 0.2) is 11.5 Å². The van der Waals surface area contributed by atoms with E-state index in [0.717, 1.165) is 12.1 Å². The zero-order chi connectivity index (χ0) is 14.7. The van der Waals surface area contributed by atoms with Crippen LogP contribution in [0.3, 0.4) is 0 Å². The molecule has 0 spiro atoms. The molecule has 1 saturated heterocycles. The predicted octanol–water partition coefficient (Wildman–Crippen LogP) is 2.89. The van der Waals surface area contributed by atoms with Crippen LogP contribution in [-0.2, 0) is 9.53 Å². The van der Waals surface area contributed by atoms with Gasteiger partial charge in [0, 0.05) is 24.7 Å². The Morgan fingerprint density at radius 2 is 2.10 bits per heavy atom. The maximum absolute atomic E-state index is 11.8. The van der Waals surface area contributed by atoms with Crippen molar-refractivity contribution in [2.45, 2.75) is 6.42 Å². The van der Waals surface area contributed by atoms with Crippen LogP contribution in [0.1, 0.15) is 6.42 Å². The van der Waals surface area contributed by atoms with Crippen LogP contribution < -0.4 is 4.74 Å². The smallest absolute Gasteiger partial charge is 0.272 e. The highest BCUT2D eigenvalue weighted by Crippen LogP contribution is 2.36. The van der Waals surface area contributed by atoms with E-state index >= 15 is 0 Å². The predicted molar refractivity (Wildman–Crippen MR) is 72.5 cm³/mol. The number of ketones is 1. The maximum Gasteiger partial charge on any atom is 0.272 e. The molecule has 1 aliphatic rings. The van der Waals surface area contributed by atoms with Crippen LogP contribution in [0.4, 0.5) is 5.69 Å². The molecule has 1 heterocycles. The summed E-state index contributed by atoms with van der Waals surface area (Å²) in [7, 11) is 0. The molecular formula is C12H11Cl2NO5. The average Bonchev–Trinajstić information content (AvgIpc) is 2.91. The van der Waals surface area contributed by atoms with E-state index < -0.39 is 4.92 Å². The molecule has 0 saturated carbocycles. The van der Waals surface area contributed by atoms with E-state index in [4.69, 9.17) is 32.7 Å². The lowest BCUT2D eigenvalue weighted by molar-refractivity contribution is -0.384. The molecule has 0 radical (unpaired) electrons. The van der Waals surface area contributed by atoms with Gasteiger partial charge in [-0.25, -0.2) is 0 Å². The summed E-state index contributed by atoms with van der Waals surface area (Å²) in [6.07, 6.45) is 0.671. The number of ether oxygens (including phenoxy) is 2. The molecule has 1 aromatic rings. The second-order valence-corrected chi connectivity index (χ2v) is 5.13. The Morgan fingerprint density at radius 3 is 2.60 bits per heavy atom. The zero-order valence-corrected chi connectivity index (χ0v) is 11.8. The molecule has 108 valence electrons. The normalized spacial score (nSPS) is 18.0. The fraction of sp³-hybridized carbons (Fsp3) is 0.417. The van der Waals surface area contributed by atoms with Crippen molar-refractivity contribution in [1.82, 2.24) is 0 Å². The number of rotatable bonds is 5. The summed E-state index contributed by atoms with van der Waals surface area (Å²) in [4.78, 5) is 21.8. The van der Waals surface area contributed by atoms with E-state index in [9.17, 15) is 14.9 Å². The lowest BCUT2D eigenvalue weighted by atomic mass is 10.0. The highest BCUT2D eigenvalue weighted by atomic mass is 35.5. The Morgan fingerprint density at radius 1 is 1.45 bits per heavy atom. The first-order valence-corrected chi connectivity index (χ1v) is 6.61.